The van der Waals surface area contributed by atoms with Gasteiger partial charge in [-0.25, -0.2) is 4.39 Å². The van der Waals surface area contributed by atoms with Crippen molar-refractivity contribution in [3.63, 3.8) is 0 Å². The summed E-state index contributed by atoms with van der Waals surface area (Å²) in [5.41, 5.74) is 2.11. The van der Waals surface area contributed by atoms with Crippen molar-refractivity contribution >= 4 is 46.7 Å². The quantitative estimate of drug-likeness (QED) is 0.373. The minimum atomic E-state index is -0.515. The van der Waals surface area contributed by atoms with Crippen LogP contribution in [-0.2, 0) is 9.59 Å². The Balaban J connectivity index is 1.27. The number of imide groups is 1. The zero-order chi connectivity index (χ0) is 24.1. The predicted molar refractivity (Wildman–Crippen MR) is 127 cm³/mol. The molecule has 0 spiro atoms. The second-order valence-corrected chi connectivity index (χ2v) is 9.14. The molecule has 3 amide bonds. The van der Waals surface area contributed by atoms with Gasteiger partial charge in [-0.2, -0.15) is 4.68 Å². The lowest BCUT2D eigenvalue weighted by atomic mass is 10.2. The van der Waals surface area contributed by atoms with E-state index in [2.05, 4.69) is 20.8 Å². The summed E-state index contributed by atoms with van der Waals surface area (Å²) in [6.07, 6.45) is 1.35. The number of amides is 3. The van der Waals surface area contributed by atoms with Gasteiger partial charge in [0.1, 0.15) is 5.82 Å². The van der Waals surface area contributed by atoms with Gasteiger partial charge in [-0.15, -0.1) is 5.10 Å². The molecule has 1 aliphatic rings. The van der Waals surface area contributed by atoms with Crippen molar-refractivity contribution in [2.75, 3.05) is 18.8 Å². The average Bonchev–Trinajstić information content (AvgIpc) is 3.39. The maximum Gasteiger partial charge on any atom is 0.293 e. The Morgan fingerprint density at radius 1 is 1.18 bits per heavy atom. The molecular weight excluding hydrogens is 479 g/mol. The number of benzene rings is 2. The van der Waals surface area contributed by atoms with Gasteiger partial charge in [-0.3, -0.25) is 19.3 Å². The number of thioether (sulfide) groups is 2. The van der Waals surface area contributed by atoms with E-state index >= 15 is 0 Å². The van der Waals surface area contributed by atoms with Gasteiger partial charge >= 0.3 is 0 Å². The SMILES string of the molecule is Cc1ccc(-n2nnnc2SCC(=O)NCCN2C(=O)S/C(=C\c3ccccc3F)C2=O)cc1. The van der Waals surface area contributed by atoms with Crippen molar-refractivity contribution in [2.24, 2.45) is 0 Å². The number of aromatic nitrogens is 4. The Morgan fingerprint density at radius 2 is 1.94 bits per heavy atom. The molecule has 2 aromatic carbocycles. The fraction of sp³-hybridized carbons (Fsp3) is 0.182. The summed E-state index contributed by atoms with van der Waals surface area (Å²) in [4.78, 5) is 38.2. The van der Waals surface area contributed by atoms with Gasteiger partial charge in [0.15, 0.2) is 0 Å². The van der Waals surface area contributed by atoms with Gasteiger partial charge in [-0.1, -0.05) is 47.7 Å². The summed E-state index contributed by atoms with van der Waals surface area (Å²) >= 11 is 1.91. The molecule has 1 aromatic heterocycles. The first-order valence-electron chi connectivity index (χ1n) is 10.2. The molecule has 1 N–H and O–H groups in total. The number of aryl methyl sites for hydroxylation is 1. The van der Waals surface area contributed by atoms with E-state index < -0.39 is 17.0 Å². The number of nitrogens with one attached hydrogen (secondary N) is 1. The fourth-order valence-electron chi connectivity index (χ4n) is 3.03. The highest BCUT2D eigenvalue weighted by atomic mass is 32.2. The monoisotopic (exact) mass is 498 g/mol. The van der Waals surface area contributed by atoms with Crippen molar-refractivity contribution in [3.05, 3.63) is 70.4 Å². The molecule has 34 heavy (non-hydrogen) atoms. The normalized spacial score (nSPS) is 14.8. The number of carbonyl (C=O) groups excluding carboxylic acids is 3. The van der Waals surface area contributed by atoms with Crippen LogP contribution in [0.3, 0.4) is 0 Å². The molecule has 0 bridgehead atoms. The van der Waals surface area contributed by atoms with E-state index in [1.165, 1.54) is 30.0 Å². The second kappa shape index (κ2) is 10.6. The highest BCUT2D eigenvalue weighted by Gasteiger charge is 2.34. The molecule has 0 aliphatic carbocycles. The predicted octanol–water partition coefficient (Wildman–Crippen LogP) is 3.05. The van der Waals surface area contributed by atoms with Gasteiger partial charge in [0.2, 0.25) is 11.1 Å². The Labute approximate surface area is 202 Å². The molecule has 0 radical (unpaired) electrons. The van der Waals surface area contributed by atoms with Crippen LogP contribution in [0.5, 0.6) is 0 Å². The average molecular weight is 499 g/mol. The number of tetrazole rings is 1. The van der Waals surface area contributed by atoms with E-state index in [0.717, 1.165) is 27.9 Å². The van der Waals surface area contributed by atoms with Crippen LogP contribution in [0.4, 0.5) is 9.18 Å². The summed E-state index contributed by atoms with van der Waals surface area (Å²) in [6.45, 7) is 2.08. The summed E-state index contributed by atoms with van der Waals surface area (Å²) in [7, 11) is 0. The molecule has 9 nitrogen and oxygen atoms in total. The zero-order valence-corrected chi connectivity index (χ0v) is 19.6. The van der Waals surface area contributed by atoms with Gasteiger partial charge in [0, 0.05) is 18.7 Å². The molecular formula is C22H19FN6O3S2. The molecule has 4 rings (SSSR count). The molecule has 3 aromatic rings. The number of halogens is 1. The highest BCUT2D eigenvalue weighted by molar-refractivity contribution is 8.18. The van der Waals surface area contributed by atoms with E-state index in [1.54, 1.807) is 16.8 Å². The van der Waals surface area contributed by atoms with Crippen LogP contribution >= 0.6 is 23.5 Å². The Bertz CT molecular complexity index is 1260. The first kappa shape index (κ1) is 23.6. The minimum absolute atomic E-state index is 0.0107. The maximum atomic E-state index is 13.8. The largest absolute Gasteiger partial charge is 0.354 e. The summed E-state index contributed by atoms with van der Waals surface area (Å²) in [5.74, 6) is -1.23. The van der Waals surface area contributed by atoms with Crippen LogP contribution in [0, 0.1) is 12.7 Å². The Kier molecular flexibility index (Phi) is 7.38. The van der Waals surface area contributed by atoms with Crippen LogP contribution < -0.4 is 5.32 Å². The third-order valence-electron chi connectivity index (χ3n) is 4.77. The first-order chi connectivity index (χ1) is 16.4. The number of carbonyl (C=O) groups is 3. The fourth-order valence-corrected chi connectivity index (χ4v) is 4.61. The summed E-state index contributed by atoms with van der Waals surface area (Å²) in [6, 6.07) is 13.6. The van der Waals surface area contributed by atoms with Crippen molar-refractivity contribution in [2.45, 2.75) is 12.1 Å². The lowest BCUT2D eigenvalue weighted by Crippen LogP contribution is -2.37. The summed E-state index contributed by atoms with van der Waals surface area (Å²) < 4.78 is 15.4. The van der Waals surface area contributed by atoms with Crippen molar-refractivity contribution in [3.8, 4) is 5.69 Å². The topological polar surface area (TPSA) is 110 Å². The Morgan fingerprint density at radius 3 is 2.71 bits per heavy atom. The van der Waals surface area contributed by atoms with E-state index in [4.69, 9.17) is 0 Å². The third kappa shape index (κ3) is 5.51. The molecule has 174 valence electrons. The first-order valence-corrected chi connectivity index (χ1v) is 12.0. The molecule has 1 aliphatic heterocycles. The van der Waals surface area contributed by atoms with Gasteiger partial charge in [-0.05, 0) is 53.4 Å². The van der Waals surface area contributed by atoms with Crippen molar-refractivity contribution in [1.29, 1.82) is 0 Å². The van der Waals surface area contributed by atoms with Crippen LogP contribution in [0.1, 0.15) is 11.1 Å². The number of hydrogen-bond acceptors (Lipinski definition) is 8. The van der Waals surface area contributed by atoms with E-state index in [-0.39, 0.29) is 35.2 Å². The highest BCUT2D eigenvalue weighted by Crippen LogP contribution is 2.32. The molecule has 2 heterocycles. The number of hydrogen-bond donors (Lipinski definition) is 1. The lowest BCUT2D eigenvalue weighted by molar-refractivity contribution is -0.123. The van der Waals surface area contributed by atoms with E-state index in [0.29, 0.717) is 5.16 Å². The Hall–Kier alpha value is -3.51. The molecule has 1 fully saturated rings. The standard InChI is InChI=1S/C22H19FN6O3S2/c1-14-6-8-16(9-7-14)29-21(25-26-27-29)33-13-19(30)24-10-11-28-20(31)18(34-22(28)32)12-15-4-2-3-5-17(15)23/h2-9,12H,10-11,13H2,1H3,(H,24,30)/b18-12-. The van der Waals surface area contributed by atoms with E-state index in [1.807, 2.05) is 31.2 Å². The van der Waals surface area contributed by atoms with Crippen LogP contribution in [0.25, 0.3) is 11.8 Å². The summed E-state index contributed by atoms with van der Waals surface area (Å²) in [5, 5.41) is 14.3. The lowest BCUT2D eigenvalue weighted by Gasteiger charge is -2.13. The van der Waals surface area contributed by atoms with Crippen LogP contribution in [0.2, 0.25) is 0 Å². The van der Waals surface area contributed by atoms with Gasteiger partial charge in [0.05, 0.1) is 16.3 Å². The number of nitrogens with zero attached hydrogens (tertiary/aromatic N) is 5. The maximum absolute atomic E-state index is 13.8. The molecule has 12 heteroatoms. The third-order valence-corrected chi connectivity index (χ3v) is 6.60. The van der Waals surface area contributed by atoms with E-state index in [9.17, 15) is 18.8 Å². The molecule has 1 saturated heterocycles. The molecule has 0 unspecified atom stereocenters. The van der Waals surface area contributed by atoms with Gasteiger partial charge < -0.3 is 5.32 Å². The second-order valence-electron chi connectivity index (χ2n) is 7.20. The zero-order valence-electron chi connectivity index (χ0n) is 18.0. The molecule has 0 atom stereocenters. The van der Waals surface area contributed by atoms with Crippen LogP contribution in [-0.4, -0.2) is 61.0 Å². The smallest absolute Gasteiger partial charge is 0.293 e. The van der Waals surface area contributed by atoms with Gasteiger partial charge in [0.25, 0.3) is 11.1 Å². The number of rotatable bonds is 8. The van der Waals surface area contributed by atoms with Crippen molar-refractivity contribution in [1.82, 2.24) is 30.4 Å². The van der Waals surface area contributed by atoms with Crippen molar-refractivity contribution < 1.29 is 18.8 Å². The van der Waals surface area contributed by atoms with Crippen LogP contribution in [0.15, 0.2) is 58.6 Å². The minimum Gasteiger partial charge on any atom is -0.354 e. The molecule has 0 saturated carbocycles.